The van der Waals surface area contributed by atoms with E-state index in [9.17, 15) is 4.79 Å². The third-order valence-corrected chi connectivity index (χ3v) is 6.85. The highest BCUT2D eigenvalue weighted by atomic mass is 35.5. The quantitative estimate of drug-likeness (QED) is 0.316. The van der Waals surface area contributed by atoms with E-state index in [1.807, 2.05) is 29.0 Å². The zero-order valence-electron chi connectivity index (χ0n) is 14.2. The van der Waals surface area contributed by atoms with Crippen LogP contribution in [0.4, 0.5) is 0 Å². The molecule has 0 aliphatic rings. The molecule has 0 saturated carbocycles. The van der Waals surface area contributed by atoms with Gasteiger partial charge in [-0.25, -0.2) is 9.97 Å². The van der Waals surface area contributed by atoms with Crippen LogP contribution in [0.25, 0.3) is 10.2 Å². The standard InChI is InChI=1S/C18H14ClN3O2S3/c1-22-17(23)16-14(6-7-25-16)21-18(22)27-10-12-9-26-15(20-12)8-24-13-4-2-11(19)3-5-13/h2-7,9H,8,10H2,1H3. The Morgan fingerprint density at radius 3 is 2.81 bits per heavy atom. The number of hydrogen-bond donors (Lipinski definition) is 0. The predicted octanol–water partition coefficient (Wildman–Crippen LogP) is 4.98. The molecule has 0 aliphatic heterocycles. The summed E-state index contributed by atoms with van der Waals surface area (Å²) >= 11 is 10.4. The first-order valence-electron chi connectivity index (χ1n) is 7.99. The molecule has 0 atom stereocenters. The Bertz CT molecular complexity index is 1130. The molecule has 0 saturated heterocycles. The molecule has 4 rings (SSSR count). The molecule has 0 radical (unpaired) electrons. The van der Waals surface area contributed by atoms with Gasteiger partial charge in [0.2, 0.25) is 0 Å². The fraction of sp³-hybridized carbons (Fsp3) is 0.167. The number of halogens is 1. The molecule has 27 heavy (non-hydrogen) atoms. The molecule has 0 spiro atoms. The van der Waals surface area contributed by atoms with Gasteiger partial charge in [-0.1, -0.05) is 23.4 Å². The Labute approximate surface area is 172 Å². The monoisotopic (exact) mass is 435 g/mol. The molecule has 0 fully saturated rings. The van der Waals surface area contributed by atoms with Gasteiger partial charge in [-0.05, 0) is 35.7 Å². The minimum absolute atomic E-state index is 0.00664. The van der Waals surface area contributed by atoms with Crippen molar-refractivity contribution in [2.24, 2.45) is 7.05 Å². The third kappa shape index (κ3) is 4.19. The van der Waals surface area contributed by atoms with Crippen LogP contribution in [0.5, 0.6) is 5.75 Å². The van der Waals surface area contributed by atoms with Gasteiger partial charge in [0.25, 0.3) is 5.56 Å². The van der Waals surface area contributed by atoms with Gasteiger partial charge in [0, 0.05) is 23.2 Å². The van der Waals surface area contributed by atoms with Crippen LogP contribution in [-0.2, 0) is 19.4 Å². The summed E-state index contributed by atoms with van der Waals surface area (Å²) in [5, 5.41) is 6.17. The first-order chi connectivity index (χ1) is 13.1. The van der Waals surface area contributed by atoms with Crippen molar-refractivity contribution in [1.29, 1.82) is 0 Å². The average Bonchev–Trinajstić information content (AvgIpc) is 3.32. The molecule has 3 heterocycles. The third-order valence-electron chi connectivity index (χ3n) is 3.77. The Morgan fingerprint density at radius 1 is 1.19 bits per heavy atom. The molecule has 0 N–H and O–H groups in total. The van der Waals surface area contributed by atoms with Gasteiger partial charge in [0.1, 0.15) is 22.1 Å². The Hall–Kier alpha value is -1.87. The lowest BCUT2D eigenvalue weighted by molar-refractivity contribution is 0.305. The van der Waals surface area contributed by atoms with E-state index >= 15 is 0 Å². The van der Waals surface area contributed by atoms with E-state index in [0.29, 0.717) is 27.2 Å². The number of thiazole rings is 1. The maximum Gasteiger partial charge on any atom is 0.271 e. The van der Waals surface area contributed by atoms with E-state index in [0.717, 1.165) is 22.0 Å². The minimum Gasteiger partial charge on any atom is -0.486 e. The number of fused-ring (bicyclic) bond motifs is 1. The number of aromatic nitrogens is 3. The lowest BCUT2D eigenvalue weighted by Gasteiger charge is -2.06. The maximum absolute atomic E-state index is 12.3. The smallest absolute Gasteiger partial charge is 0.271 e. The van der Waals surface area contributed by atoms with Crippen molar-refractivity contribution in [3.05, 3.63) is 67.2 Å². The molecule has 1 aromatic carbocycles. The second-order valence-electron chi connectivity index (χ2n) is 5.66. The first kappa shape index (κ1) is 18.5. The van der Waals surface area contributed by atoms with Crippen molar-refractivity contribution in [3.63, 3.8) is 0 Å². The summed E-state index contributed by atoms with van der Waals surface area (Å²) < 4.78 is 8.01. The Kier molecular flexibility index (Phi) is 5.49. The van der Waals surface area contributed by atoms with Crippen LogP contribution in [0.15, 0.2) is 51.0 Å². The summed E-state index contributed by atoms with van der Waals surface area (Å²) in [6.45, 7) is 0.411. The van der Waals surface area contributed by atoms with Crippen LogP contribution >= 0.6 is 46.0 Å². The summed E-state index contributed by atoms with van der Waals surface area (Å²) in [6, 6.07) is 9.13. The second kappa shape index (κ2) is 8.02. The zero-order chi connectivity index (χ0) is 18.8. The lowest BCUT2D eigenvalue weighted by Crippen LogP contribution is -2.18. The van der Waals surface area contributed by atoms with E-state index < -0.39 is 0 Å². The largest absolute Gasteiger partial charge is 0.486 e. The van der Waals surface area contributed by atoms with Gasteiger partial charge in [-0.3, -0.25) is 9.36 Å². The first-order valence-corrected chi connectivity index (χ1v) is 11.1. The normalized spacial score (nSPS) is 11.2. The fourth-order valence-corrected chi connectivity index (χ4v) is 5.00. The van der Waals surface area contributed by atoms with Crippen molar-refractivity contribution in [1.82, 2.24) is 14.5 Å². The summed E-state index contributed by atoms with van der Waals surface area (Å²) in [6.07, 6.45) is 0. The van der Waals surface area contributed by atoms with Crippen LogP contribution in [-0.4, -0.2) is 14.5 Å². The highest BCUT2D eigenvalue weighted by Gasteiger charge is 2.11. The van der Waals surface area contributed by atoms with Gasteiger partial charge in [-0.15, -0.1) is 22.7 Å². The second-order valence-corrected chi connectivity index (χ2v) is 8.90. The number of benzene rings is 1. The van der Waals surface area contributed by atoms with Gasteiger partial charge in [-0.2, -0.15) is 0 Å². The van der Waals surface area contributed by atoms with E-state index in [1.165, 1.54) is 23.1 Å². The van der Waals surface area contributed by atoms with Crippen LogP contribution in [0.1, 0.15) is 10.7 Å². The molecule has 0 bridgehead atoms. The number of rotatable bonds is 6. The SMILES string of the molecule is Cn1c(SCc2csc(COc3ccc(Cl)cc3)n2)nc2ccsc2c1=O. The highest BCUT2D eigenvalue weighted by Crippen LogP contribution is 2.24. The average molecular weight is 436 g/mol. The number of nitrogens with zero attached hydrogens (tertiary/aromatic N) is 3. The Balaban J connectivity index is 1.40. The van der Waals surface area contributed by atoms with Gasteiger partial charge < -0.3 is 4.74 Å². The van der Waals surface area contributed by atoms with E-state index in [1.54, 1.807) is 35.1 Å². The number of thioether (sulfide) groups is 1. The summed E-state index contributed by atoms with van der Waals surface area (Å²) in [5.74, 6) is 1.40. The molecule has 5 nitrogen and oxygen atoms in total. The van der Waals surface area contributed by atoms with Crippen LogP contribution in [0.2, 0.25) is 5.02 Å². The van der Waals surface area contributed by atoms with Crippen molar-refractivity contribution >= 4 is 56.3 Å². The fourth-order valence-electron chi connectivity index (χ4n) is 2.39. The van der Waals surface area contributed by atoms with E-state index in [2.05, 4.69) is 9.97 Å². The van der Waals surface area contributed by atoms with E-state index in [-0.39, 0.29) is 5.56 Å². The molecular formula is C18H14ClN3O2S3. The summed E-state index contributed by atoms with van der Waals surface area (Å²) in [4.78, 5) is 21.5. The zero-order valence-corrected chi connectivity index (χ0v) is 17.4. The topological polar surface area (TPSA) is 57.0 Å². The Morgan fingerprint density at radius 2 is 2.00 bits per heavy atom. The maximum atomic E-state index is 12.3. The van der Waals surface area contributed by atoms with Crippen molar-refractivity contribution < 1.29 is 4.74 Å². The van der Waals surface area contributed by atoms with Crippen molar-refractivity contribution in [2.45, 2.75) is 17.5 Å². The predicted molar refractivity (Wildman–Crippen MR) is 112 cm³/mol. The van der Waals surface area contributed by atoms with Crippen molar-refractivity contribution in [3.8, 4) is 5.75 Å². The molecule has 0 aliphatic carbocycles. The van der Waals surface area contributed by atoms with Gasteiger partial charge >= 0.3 is 0 Å². The molecule has 4 aromatic rings. The summed E-state index contributed by atoms with van der Waals surface area (Å²) in [5.41, 5.74) is 1.69. The van der Waals surface area contributed by atoms with Gasteiger partial charge in [0.05, 0.1) is 11.2 Å². The molecule has 0 amide bonds. The van der Waals surface area contributed by atoms with Crippen LogP contribution < -0.4 is 10.3 Å². The number of hydrogen-bond acceptors (Lipinski definition) is 7. The number of thiophene rings is 1. The molecule has 0 unspecified atom stereocenters. The van der Waals surface area contributed by atoms with Crippen LogP contribution in [0, 0.1) is 0 Å². The van der Waals surface area contributed by atoms with E-state index in [4.69, 9.17) is 16.3 Å². The van der Waals surface area contributed by atoms with Gasteiger partial charge in [0.15, 0.2) is 5.16 Å². The molecular weight excluding hydrogens is 422 g/mol. The summed E-state index contributed by atoms with van der Waals surface area (Å²) in [7, 11) is 1.75. The molecule has 9 heteroatoms. The highest BCUT2D eigenvalue weighted by molar-refractivity contribution is 7.98. The van der Waals surface area contributed by atoms with Crippen molar-refractivity contribution in [2.75, 3.05) is 0 Å². The molecule has 3 aromatic heterocycles. The minimum atomic E-state index is -0.00664. The van der Waals surface area contributed by atoms with Crippen LogP contribution in [0.3, 0.4) is 0 Å². The lowest BCUT2D eigenvalue weighted by atomic mass is 10.3. The number of ether oxygens (including phenoxy) is 1. The molecule has 138 valence electrons.